The number of carbonyl (C=O) groups excluding carboxylic acids is 1. The molecule has 0 radical (unpaired) electrons. The first-order valence-electron chi connectivity index (χ1n) is 10.1. The van der Waals surface area contributed by atoms with Gasteiger partial charge in [0.1, 0.15) is 0 Å². The molecule has 3 rings (SSSR count). The van der Waals surface area contributed by atoms with Crippen LogP contribution in [0.4, 0.5) is 0 Å². The molecule has 4 nitrogen and oxygen atoms in total. The molecule has 0 bridgehead atoms. The quantitative estimate of drug-likeness (QED) is 0.800. The molecule has 0 aliphatic carbocycles. The van der Waals surface area contributed by atoms with Gasteiger partial charge in [0, 0.05) is 25.6 Å². The van der Waals surface area contributed by atoms with Gasteiger partial charge in [0.2, 0.25) is 5.91 Å². The molecular weight excluding hydrogens is 310 g/mol. The lowest BCUT2D eigenvalue weighted by molar-refractivity contribution is -0.121. The number of rotatable bonds is 7. The van der Waals surface area contributed by atoms with Crippen LogP contribution in [0.3, 0.4) is 0 Å². The summed E-state index contributed by atoms with van der Waals surface area (Å²) in [5.74, 6) is 0.972. The van der Waals surface area contributed by atoms with Gasteiger partial charge in [-0.05, 0) is 63.2 Å². The molecule has 2 aliphatic rings. The number of piperidine rings is 2. The summed E-state index contributed by atoms with van der Waals surface area (Å²) in [5.41, 5.74) is 1.37. The Morgan fingerprint density at radius 2 is 1.92 bits per heavy atom. The Bertz CT molecular complexity index is 513. The average molecular weight is 344 g/mol. The van der Waals surface area contributed by atoms with Crippen molar-refractivity contribution >= 4 is 5.91 Å². The van der Waals surface area contributed by atoms with Crippen molar-refractivity contribution in [2.45, 2.75) is 57.5 Å². The molecule has 25 heavy (non-hydrogen) atoms. The van der Waals surface area contributed by atoms with Gasteiger partial charge in [-0.3, -0.25) is 9.69 Å². The van der Waals surface area contributed by atoms with Crippen LogP contribution >= 0.6 is 0 Å². The fourth-order valence-corrected chi connectivity index (χ4v) is 4.14. The van der Waals surface area contributed by atoms with Crippen LogP contribution in [-0.4, -0.2) is 43.0 Å². The van der Waals surface area contributed by atoms with Gasteiger partial charge in [0.15, 0.2) is 0 Å². The largest absolute Gasteiger partial charge is 0.355 e. The normalized spacial score (nSPS) is 22.6. The predicted molar refractivity (Wildman–Crippen MR) is 102 cm³/mol. The van der Waals surface area contributed by atoms with Crippen molar-refractivity contribution in [3.05, 3.63) is 35.9 Å². The first kappa shape index (κ1) is 18.4. The smallest absolute Gasteiger partial charge is 0.220 e. The van der Waals surface area contributed by atoms with Crippen molar-refractivity contribution in [1.29, 1.82) is 0 Å². The lowest BCUT2D eigenvalue weighted by Crippen LogP contribution is -2.46. The predicted octanol–water partition coefficient (Wildman–Crippen LogP) is 2.94. The Morgan fingerprint density at radius 1 is 1.12 bits per heavy atom. The first-order valence-corrected chi connectivity index (χ1v) is 10.1. The summed E-state index contributed by atoms with van der Waals surface area (Å²) in [6.45, 7) is 5.17. The fraction of sp³-hybridized carbons (Fsp3) is 0.667. The highest BCUT2D eigenvalue weighted by molar-refractivity contribution is 5.75. The zero-order valence-corrected chi connectivity index (χ0v) is 15.4. The number of likely N-dealkylation sites (tertiary alicyclic amines) is 1. The Kier molecular flexibility index (Phi) is 7.31. The van der Waals surface area contributed by atoms with Crippen molar-refractivity contribution < 1.29 is 4.79 Å². The number of carbonyl (C=O) groups is 1. The number of hydrogen-bond acceptors (Lipinski definition) is 3. The summed E-state index contributed by atoms with van der Waals surface area (Å²) in [6.07, 6.45) is 7.93. The van der Waals surface area contributed by atoms with E-state index < -0.39 is 0 Å². The molecular formula is C21H33N3O. The molecule has 2 saturated heterocycles. The van der Waals surface area contributed by atoms with Crippen LogP contribution in [0, 0.1) is 5.92 Å². The molecule has 2 aliphatic heterocycles. The molecule has 2 N–H and O–H groups in total. The molecule has 1 aromatic rings. The van der Waals surface area contributed by atoms with E-state index in [9.17, 15) is 4.79 Å². The zero-order valence-electron chi connectivity index (χ0n) is 15.4. The van der Waals surface area contributed by atoms with Crippen molar-refractivity contribution in [1.82, 2.24) is 15.5 Å². The lowest BCUT2D eigenvalue weighted by atomic mass is 9.93. The summed E-state index contributed by atoms with van der Waals surface area (Å²) >= 11 is 0. The minimum Gasteiger partial charge on any atom is -0.355 e. The Balaban J connectivity index is 1.41. The van der Waals surface area contributed by atoms with E-state index in [1.807, 2.05) is 0 Å². The summed E-state index contributed by atoms with van der Waals surface area (Å²) in [5, 5.41) is 6.60. The second kappa shape index (κ2) is 9.93. The van der Waals surface area contributed by atoms with E-state index in [2.05, 4.69) is 45.9 Å². The molecule has 0 aromatic heterocycles. The number of hydrogen-bond donors (Lipinski definition) is 2. The van der Waals surface area contributed by atoms with E-state index in [0.717, 1.165) is 45.1 Å². The van der Waals surface area contributed by atoms with Gasteiger partial charge in [0.05, 0.1) is 0 Å². The SMILES string of the molecule is O=C(CCC1CCNCC1)NCC1CCCCN1Cc1ccccc1. The third-order valence-corrected chi connectivity index (χ3v) is 5.75. The molecule has 1 aromatic carbocycles. The number of nitrogens with zero attached hydrogens (tertiary/aromatic N) is 1. The highest BCUT2D eigenvalue weighted by Gasteiger charge is 2.23. The molecule has 4 heteroatoms. The zero-order chi connectivity index (χ0) is 17.3. The molecule has 2 heterocycles. The van der Waals surface area contributed by atoms with Gasteiger partial charge in [-0.2, -0.15) is 0 Å². The molecule has 1 amide bonds. The van der Waals surface area contributed by atoms with Crippen LogP contribution in [0.2, 0.25) is 0 Å². The minimum absolute atomic E-state index is 0.240. The van der Waals surface area contributed by atoms with Crippen molar-refractivity contribution in [3.8, 4) is 0 Å². The van der Waals surface area contributed by atoms with Crippen LogP contribution in [0.15, 0.2) is 30.3 Å². The van der Waals surface area contributed by atoms with Crippen LogP contribution in [0.1, 0.15) is 50.5 Å². The maximum Gasteiger partial charge on any atom is 0.220 e. The average Bonchev–Trinajstić information content (AvgIpc) is 2.67. The second-order valence-corrected chi connectivity index (χ2v) is 7.64. The second-order valence-electron chi connectivity index (χ2n) is 7.64. The Hall–Kier alpha value is -1.39. The maximum atomic E-state index is 12.2. The van der Waals surface area contributed by atoms with Crippen LogP contribution in [0.25, 0.3) is 0 Å². The summed E-state index contributed by atoms with van der Waals surface area (Å²) in [6, 6.07) is 11.2. The van der Waals surface area contributed by atoms with Gasteiger partial charge in [-0.15, -0.1) is 0 Å². The molecule has 1 unspecified atom stereocenters. The highest BCUT2D eigenvalue weighted by Crippen LogP contribution is 2.20. The van der Waals surface area contributed by atoms with E-state index in [1.54, 1.807) is 0 Å². The molecule has 0 spiro atoms. The van der Waals surface area contributed by atoms with E-state index in [0.29, 0.717) is 12.5 Å². The van der Waals surface area contributed by atoms with Gasteiger partial charge in [0.25, 0.3) is 0 Å². The van der Waals surface area contributed by atoms with Gasteiger partial charge >= 0.3 is 0 Å². The summed E-state index contributed by atoms with van der Waals surface area (Å²) in [7, 11) is 0. The van der Waals surface area contributed by atoms with E-state index >= 15 is 0 Å². The molecule has 0 saturated carbocycles. The van der Waals surface area contributed by atoms with E-state index in [4.69, 9.17) is 0 Å². The fourth-order valence-electron chi connectivity index (χ4n) is 4.14. The maximum absolute atomic E-state index is 12.2. The monoisotopic (exact) mass is 343 g/mol. The highest BCUT2D eigenvalue weighted by atomic mass is 16.1. The van der Waals surface area contributed by atoms with Crippen LogP contribution in [-0.2, 0) is 11.3 Å². The third kappa shape index (κ3) is 6.12. The number of nitrogens with one attached hydrogen (secondary N) is 2. The number of benzene rings is 1. The Labute approximate surface area is 152 Å². The standard InChI is InChI=1S/C21H33N3O/c25-21(10-9-18-11-13-22-14-12-18)23-16-20-8-4-5-15-24(20)17-19-6-2-1-3-7-19/h1-3,6-7,18,20,22H,4-5,8-17H2,(H,23,25). The van der Waals surface area contributed by atoms with Crippen LogP contribution in [0.5, 0.6) is 0 Å². The van der Waals surface area contributed by atoms with E-state index in [-0.39, 0.29) is 5.91 Å². The summed E-state index contributed by atoms with van der Waals surface area (Å²) < 4.78 is 0. The van der Waals surface area contributed by atoms with Gasteiger partial charge in [-0.1, -0.05) is 36.8 Å². The van der Waals surface area contributed by atoms with Crippen molar-refractivity contribution in [2.24, 2.45) is 5.92 Å². The van der Waals surface area contributed by atoms with Gasteiger partial charge in [-0.25, -0.2) is 0 Å². The van der Waals surface area contributed by atoms with Crippen molar-refractivity contribution in [3.63, 3.8) is 0 Å². The topological polar surface area (TPSA) is 44.4 Å². The van der Waals surface area contributed by atoms with Crippen LogP contribution < -0.4 is 10.6 Å². The lowest BCUT2D eigenvalue weighted by Gasteiger charge is -2.36. The molecule has 1 atom stereocenters. The molecule has 138 valence electrons. The summed E-state index contributed by atoms with van der Waals surface area (Å²) in [4.78, 5) is 14.8. The van der Waals surface area contributed by atoms with Gasteiger partial charge < -0.3 is 10.6 Å². The van der Waals surface area contributed by atoms with Crippen molar-refractivity contribution in [2.75, 3.05) is 26.2 Å². The molecule has 2 fully saturated rings. The number of amides is 1. The van der Waals surface area contributed by atoms with E-state index in [1.165, 1.54) is 37.7 Å². The Morgan fingerprint density at radius 3 is 2.72 bits per heavy atom. The minimum atomic E-state index is 0.240. The third-order valence-electron chi connectivity index (χ3n) is 5.75. The first-order chi connectivity index (χ1) is 12.3.